The van der Waals surface area contributed by atoms with Crippen molar-refractivity contribution in [2.75, 3.05) is 64.2 Å². The maximum absolute atomic E-state index is 13.9. The van der Waals surface area contributed by atoms with Crippen LogP contribution in [0, 0.1) is 0 Å². The van der Waals surface area contributed by atoms with E-state index < -0.39 is 12.2 Å². The highest BCUT2D eigenvalue weighted by molar-refractivity contribution is 6.34. The predicted molar refractivity (Wildman–Crippen MR) is 180 cm³/mol. The van der Waals surface area contributed by atoms with Crippen LogP contribution in [0.1, 0.15) is 43.2 Å². The number of rotatable bonds is 6. The number of halogens is 2. The first-order chi connectivity index (χ1) is 22.3. The van der Waals surface area contributed by atoms with E-state index in [9.17, 15) is 14.4 Å². The number of ether oxygens (including phenoxy) is 1. The van der Waals surface area contributed by atoms with Gasteiger partial charge in [-0.15, -0.1) is 0 Å². The molecule has 0 spiro atoms. The van der Waals surface area contributed by atoms with Crippen molar-refractivity contribution >= 4 is 46.9 Å². The molecule has 248 valence electrons. The van der Waals surface area contributed by atoms with E-state index in [-0.39, 0.29) is 24.4 Å². The number of hydrogen-bond acceptors (Lipinski definition) is 6. The Balaban J connectivity index is 1.07. The molecule has 0 radical (unpaired) electrons. The molecule has 0 aromatic heterocycles. The number of urea groups is 1. The lowest BCUT2D eigenvalue weighted by Gasteiger charge is -2.40. The zero-order valence-electron chi connectivity index (χ0n) is 26.3. The van der Waals surface area contributed by atoms with Gasteiger partial charge in [0.05, 0.1) is 0 Å². The highest BCUT2D eigenvalue weighted by atomic mass is 35.5. The Morgan fingerprint density at radius 1 is 0.848 bits per heavy atom. The molecule has 0 aliphatic carbocycles. The minimum atomic E-state index is -0.992. The van der Waals surface area contributed by atoms with Crippen molar-refractivity contribution in [2.24, 2.45) is 0 Å². The van der Waals surface area contributed by atoms with E-state index in [0.717, 1.165) is 68.7 Å². The van der Waals surface area contributed by atoms with E-state index in [1.807, 2.05) is 34.1 Å². The smallest absolute Gasteiger partial charge is 0.410 e. The lowest BCUT2D eigenvalue weighted by molar-refractivity contribution is -0.142. The monoisotopic (exact) mass is 670 g/mol. The van der Waals surface area contributed by atoms with Crippen molar-refractivity contribution < 1.29 is 19.1 Å². The number of amides is 4. The van der Waals surface area contributed by atoms with Crippen LogP contribution in [0.4, 0.5) is 15.3 Å². The molecular weight excluding hydrogens is 627 g/mol. The molecule has 4 aliphatic heterocycles. The van der Waals surface area contributed by atoms with Gasteiger partial charge in [0, 0.05) is 80.1 Å². The summed E-state index contributed by atoms with van der Waals surface area (Å²) in [6.07, 6.45) is 3.68. The molecule has 12 heteroatoms. The highest BCUT2D eigenvalue weighted by Gasteiger charge is 2.36. The van der Waals surface area contributed by atoms with Gasteiger partial charge in [0.25, 0.3) is 5.91 Å². The Labute approximate surface area is 281 Å². The number of fused-ring (bicyclic) bond motifs is 1. The molecule has 2 N–H and O–H groups in total. The molecule has 4 heterocycles. The number of hydrogen-bond donors (Lipinski definition) is 2. The van der Waals surface area contributed by atoms with Crippen LogP contribution in [0.15, 0.2) is 42.5 Å². The van der Waals surface area contributed by atoms with Gasteiger partial charge in [0.15, 0.2) is 6.10 Å². The lowest BCUT2D eigenvalue weighted by atomic mass is 10.0. The number of anilines is 1. The van der Waals surface area contributed by atoms with Crippen LogP contribution in [0.3, 0.4) is 0 Å². The van der Waals surface area contributed by atoms with Crippen molar-refractivity contribution in [1.29, 1.82) is 0 Å². The lowest BCUT2D eigenvalue weighted by Crippen LogP contribution is -2.52. The predicted octanol–water partition coefficient (Wildman–Crippen LogP) is 4.88. The first kappa shape index (κ1) is 32.9. The zero-order valence-corrected chi connectivity index (χ0v) is 27.8. The van der Waals surface area contributed by atoms with Crippen molar-refractivity contribution in [2.45, 2.75) is 63.1 Å². The molecule has 3 fully saturated rings. The summed E-state index contributed by atoms with van der Waals surface area (Å²) in [5.74, 6) is -0.184. The molecule has 4 aliphatic rings. The number of carbonyl (C=O) groups is 3. The standard InChI is InChI=1S/C34H44Cl2N6O4/c35-26-20-24(21-27(36)23-26)22-31(32(43)40-14-7-28(8-15-40)39-13-3-11-37-12-19-39)46-34(45)41-16-9-29(10-17-41)42-18-6-25-4-1-2-5-30(25)38-33(42)44/h1-2,4-5,20-21,23,28-29,31,37H,3,6-19,22H2,(H,38,44)/t31-/m1/s1. The SMILES string of the molecule is O=C(O[C@H](Cc1cc(Cl)cc(Cl)c1)C(=O)N1CCC(N2CCCNCC2)CC1)N1CCC(N2CCc3ccccc3NC2=O)CC1. The summed E-state index contributed by atoms with van der Waals surface area (Å²) in [6, 6.07) is 13.4. The van der Waals surface area contributed by atoms with Gasteiger partial charge >= 0.3 is 12.1 Å². The van der Waals surface area contributed by atoms with Crippen LogP contribution in [0.5, 0.6) is 0 Å². The van der Waals surface area contributed by atoms with Crippen LogP contribution in [0.25, 0.3) is 0 Å². The van der Waals surface area contributed by atoms with Gasteiger partial charge < -0.3 is 30.1 Å². The molecule has 10 nitrogen and oxygen atoms in total. The fourth-order valence-electron chi connectivity index (χ4n) is 7.30. The van der Waals surface area contributed by atoms with Gasteiger partial charge in [-0.1, -0.05) is 41.4 Å². The summed E-state index contributed by atoms with van der Waals surface area (Å²) in [7, 11) is 0. The van der Waals surface area contributed by atoms with Gasteiger partial charge in [0.2, 0.25) is 0 Å². The maximum atomic E-state index is 13.9. The molecular formula is C34H44Cl2N6O4. The minimum Gasteiger partial charge on any atom is -0.436 e. The molecule has 0 saturated carbocycles. The van der Waals surface area contributed by atoms with Gasteiger partial charge in [-0.25, -0.2) is 9.59 Å². The molecule has 0 unspecified atom stereocenters. The van der Waals surface area contributed by atoms with E-state index in [4.69, 9.17) is 27.9 Å². The molecule has 0 bridgehead atoms. The summed E-state index contributed by atoms with van der Waals surface area (Å²) in [6.45, 7) is 6.93. The third kappa shape index (κ3) is 8.08. The Hall–Kier alpha value is -3.05. The molecule has 3 saturated heterocycles. The topological polar surface area (TPSA) is 97.5 Å². The number of benzene rings is 2. The Morgan fingerprint density at radius 3 is 2.30 bits per heavy atom. The molecule has 4 amide bonds. The third-order valence-corrected chi connectivity index (χ3v) is 10.3. The average Bonchev–Trinajstić information content (AvgIpc) is 3.43. The van der Waals surface area contributed by atoms with Crippen molar-refractivity contribution in [1.82, 2.24) is 24.9 Å². The fraction of sp³-hybridized carbons (Fsp3) is 0.559. The average molecular weight is 672 g/mol. The summed E-state index contributed by atoms with van der Waals surface area (Å²) in [5.41, 5.74) is 2.72. The molecule has 6 rings (SSSR count). The van der Waals surface area contributed by atoms with E-state index in [0.29, 0.717) is 61.7 Å². The first-order valence-corrected chi connectivity index (χ1v) is 17.4. The second-order valence-electron chi connectivity index (χ2n) is 12.8. The number of carbonyl (C=O) groups excluding carboxylic acids is 3. The second-order valence-corrected chi connectivity index (χ2v) is 13.7. The van der Waals surface area contributed by atoms with Crippen LogP contribution in [-0.4, -0.2) is 115 Å². The zero-order chi connectivity index (χ0) is 32.0. The van der Waals surface area contributed by atoms with Crippen molar-refractivity contribution in [3.8, 4) is 0 Å². The number of nitrogens with one attached hydrogen (secondary N) is 2. The highest BCUT2D eigenvalue weighted by Crippen LogP contribution is 2.27. The number of piperidine rings is 2. The minimum absolute atomic E-state index is 0.0191. The normalized spacial score (nSPS) is 21.2. The fourth-order valence-corrected chi connectivity index (χ4v) is 7.87. The van der Waals surface area contributed by atoms with Crippen molar-refractivity contribution in [3.05, 3.63) is 63.6 Å². The summed E-state index contributed by atoms with van der Waals surface area (Å²) >= 11 is 12.6. The van der Waals surface area contributed by atoms with Gasteiger partial charge in [-0.05, 0) is 87.0 Å². The summed E-state index contributed by atoms with van der Waals surface area (Å²) in [4.78, 5) is 48.5. The van der Waals surface area contributed by atoms with Gasteiger partial charge in [-0.3, -0.25) is 9.69 Å². The Kier molecular flexibility index (Phi) is 10.9. The first-order valence-electron chi connectivity index (χ1n) is 16.6. The van der Waals surface area contributed by atoms with Crippen LogP contribution in [-0.2, 0) is 22.4 Å². The number of nitrogens with zero attached hydrogens (tertiary/aromatic N) is 4. The van der Waals surface area contributed by atoms with E-state index in [2.05, 4.69) is 15.5 Å². The van der Waals surface area contributed by atoms with Crippen LogP contribution in [0.2, 0.25) is 10.0 Å². The molecule has 1 atom stereocenters. The van der Waals surface area contributed by atoms with E-state index in [1.165, 1.54) is 0 Å². The third-order valence-electron chi connectivity index (χ3n) is 9.83. The Bertz CT molecular complexity index is 1370. The van der Waals surface area contributed by atoms with E-state index >= 15 is 0 Å². The molecule has 2 aromatic carbocycles. The van der Waals surface area contributed by atoms with E-state index in [1.54, 1.807) is 23.1 Å². The van der Waals surface area contributed by atoms with Crippen LogP contribution >= 0.6 is 23.2 Å². The Morgan fingerprint density at radius 2 is 1.54 bits per heavy atom. The molecule has 2 aromatic rings. The quantitative estimate of drug-likeness (QED) is 0.455. The maximum Gasteiger partial charge on any atom is 0.410 e. The largest absolute Gasteiger partial charge is 0.436 e. The summed E-state index contributed by atoms with van der Waals surface area (Å²) in [5, 5.41) is 7.44. The van der Waals surface area contributed by atoms with Crippen LogP contribution < -0.4 is 10.6 Å². The summed E-state index contributed by atoms with van der Waals surface area (Å²) < 4.78 is 6.01. The van der Waals surface area contributed by atoms with Gasteiger partial charge in [-0.2, -0.15) is 0 Å². The second kappa shape index (κ2) is 15.2. The number of para-hydroxylation sites is 1. The molecule has 46 heavy (non-hydrogen) atoms. The number of likely N-dealkylation sites (tertiary alicyclic amines) is 2. The van der Waals surface area contributed by atoms with Gasteiger partial charge in [0.1, 0.15) is 0 Å². The van der Waals surface area contributed by atoms with Crippen molar-refractivity contribution in [3.63, 3.8) is 0 Å².